The highest BCUT2D eigenvalue weighted by Gasteiger charge is 2.46. The van der Waals surface area contributed by atoms with Gasteiger partial charge in [0.1, 0.15) is 17.4 Å². The molecular weight excluding hydrogens is 365 g/mol. The smallest absolute Gasteiger partial charge is 0.407 e. The number of fused-ring (bicyclic) bond motifs is 1. The van der Waals surface area contributed by atoms with Gasteiger partial charge in [0.15, 0.2) is 5.82 Å². The first-order valence-corrected chi connectivity index (χ1v) is 9.31. The molecule has 0 radical (unpaired) electrons. The lowest BCUT2D eigenvalue weighted by molar-refractivity contribution is -0.174. The van der Waals surface area contributed by atoms with E-state index in [9.17, 15) is 15.2 Å². The van der Waals surface area contributed by atoms with Crippen LogP contribution < -0.4 is 4.74 Å². The lowest BCUT2D eigenvalue weighted by atomic mass is 9.81. The summed E-state index contributed by atoms with van der Waals surface area (Å²) in [5.74, 6) is -0.429. The second kappa shape index (κ2) is 7.57. The van der Waals surface area contributed by atoms with Crippen molar-refractivity contribution in [3.63, 3.8) is 0 Å². The average molecular weight is 391 g/mol. The monoisotopic (exact) mass is 391 g/mol. The van der Waals surface area contributed by atoms with Gasteiger partial charge in [-0.05, 0) is 17.5 Å². The fraction of sp³-hybridized carbons (Fsp3) is 0.600. The average Bonchev–Trinajstić information content (AvgIpc) is 2.65. The van der Waals surface area contributed by atoms with Gasteiger partial charge in [-0.1, -0.05) is 20.8 Å². The molecule has 2 aliphatic rings. The Morgan fingerprint density at radius 2 is 2.07 bits per heavy atom. The van der Waals surface area contributed by atoms with Crippen molar-refractivity contribution in [1.29, 1.82) is 5.26 Å². The molecule has 2 heterocycles. The van der Waals surface area contributed by atoms with Crippen LogP contribution in [-0.2, 0) is 4.74 Å². The van der Waals surface area contributed by atoms with Crippen molar-refractivity contribution in [2.75, 3.05) is 33.3 Å². The summed E-state index contributed by atoms with van der Waals surface area (Å²) in [5, 5.41) is 18.7. The van der Waals surface area contributed by atoms with E-state index in [0.29, 0.717) is 31.7 Å². The van der Waals surface area contributed by atoms with Gasteiger partial charge in [0, 0.05) is 31.7 Å². The number of morpholine rings is 1. The Labute approximate surface area is 164 Å². The Kier molecular flexibility index (Phi) is 5.50. The predicted octanol–water partition coefficient (Wildman–Crippen LogP) is 2.86. The van der Waals surface area contributed by atoms with E-state index in [1.807, 2.05) is 26.8 Å². The molecule has 1 unspecified atom stereocenters. The van der Waals surface area contributed by atoms with Crippen LogP contribution in [0, 0.1) is 22.6 Å². The molecule has 1 amide bonds. The Hall–Kier alpha value is -2.37. The van der Waals surface area contributed by atoms with Gasteiger partial charge in [0.05, 0.1) is 25.4 Å². The zero-order chi connectivity index (χ0) is 20.6. The van der Waals surface area contributed by atoms with Crippen LogP contribution in [0.4, 0.5) is 9.18 Å². The molecule has 2 fully saturated rings. The second-order valence-corrected chi connectivity index (χ2v) is 8.36. The number of rotatable bonds is 2. The standard InChI is InChI=1S/C20H26FN3O4/c1-20(2,3)18-14-10-24(19(25)26)8-7-23(14)11-16(28-18)12-5-6-15(27-4)13(9-22)17(12)21/h5-6,14,16,18H,7-8,10-11H2,1-4H3,(H,25,26)/t14-,16-,18?/m0/s1. The molecule has 3 rings (SSSR count). The SMILES string of the molecule is COc1ccc([C@@H]2CN3CCN(C(=O)O)C[C@H]3C(C(C)(C)C)O2)c(F)c1C#N. The summed E-state index contributed by atoms with van der Waals surface area (Å²) >= 11 is 0. The maximum absolute atomic E-state index is 15.0. The van der Waals surface area contributed by atoms with Crippen LogP contribution >= 0.6 is 0 Å². The van der Waals surface area contributed by atoms with Crippen molar-refractivity contribution < 1.29 is 23.8 Å². The van der Waals surface area contributed by atoms with Gasteiger partial charge in [-0.15, -0.1) is 0 Å². The topological polar surface area (TPSA) is 86.0 Å². The number of methoxy groups -OCH3 is 1. The number of carboxylic acid groups (broad SMARTS) is 1. The van der Waals surface area contributed by atoms with E-state index in [1.165, 1.54) is 12.0 Å². The number of carbonyl (C=O) groups is 1. The fourth-order valence-electron chi connectivity index (χ4n) is 4.11. The summed E-state index contributed by atoms with van der Waals surface area (Å²) in [6, 6.07) is 4.96. The van der Waals surface area contributed by atoms with Crippen LogP contribution in [0.3, 0.4) is 0 Å². The lowest BCUT2D eigenvalue weighted by Gasteiger charge is -2.52. The summed E-state index contributed by atoms with van der Waals surface area (Å²) in [7, 11) is 1.40. The van der Waals surface area contributed by atoms with Crippen LogP contribution in [0.15, 0.2) is 12.1 Å². The number of benzene rings is 1. The van der Waals surface area contributed by atoms with Crippen molar-refractivity contribution >= 4 is 6.09 Å². The molecule has 8 heteroatoms. The van der Waals surface area contributed by atoms with Gasteiger partial charge in [0.25, 0.3) is 0 Å². The molecule has 1 N–H and O–H groups in total. The lowest BCUT2D eigenvalue weighted by Crippen LogP contribution is -2.65. The van der Waals surface area contributed by atoms with E-state index in [4.69, 9.17) is 9.47 Å². The molecule has 1 aromatic carbocycles. The maximum atomic E-state index is 15.0. The Bertz CT molecular complexity index is 802. The van der Waals surface area contributed by atoms with Gasteiger partial charge in [-0.25, -0.2) is 9.18 Å². The highest BCUT2D eigenvalue weighted by atomic mass is 19.1. The summed E-state index contributed by atoms with van der Waals surface area (Å²) in [6.07, 6.45) is -1.77. The number of nitriles is 1. The molecule has 0 spiro atoms. The molecule has 0 saturated carbocycles. The van der Waals surface area contributed by atoms with Crippen LogP contribution in [0.5, 0.6) is 5.75 Å². The molecule has 0 bridgehead atoms. The summed E-state index contributed by atoms with van der Waals surface area (Å²) < 4.78 is 26.5. The number of hydrogen-bond donors (Lipinski definition) is 1. The number of halogens is 1. The van der Waals surface area contributed by atoms with Crippen molar-refractivity contribution in [1.82, 2.24) is 9.80 Å². The normalized spacial score (nSPS) is 25.7. The molecule has 28 heavy (non-hydrogen) atoms. The molecule has 152 valence electrons. The van der Waals surface area contributed by atoms with Crippen LogP contribution in [0.2, 0.25) is 0 Å². The molecule has 0 aliphatic carbocycles. The second-order valence-electron chi connectivity index (χ2n) is 8.36. The highest BCUT2D eigenvalue weighted by Crippen LogP contribution is 2.40. The van der Waals surface area contributed by atoms with Gasteiger partial charge in [0.2, 0.25) is 0 Å². The van der Waals surface area contributed by atoms with Gasteiger partial charge < -0.3 is 19.5 Å². The van der Waals surface area contributed by atoms with E-state index < -0.39 is 18.0 Å². The minimum atomic E-state index is -0.936. The minimum Gasteiger partial charge on any atom is -0.495 e. The van der Waals surface area contributed by atoms with Gasteiger partial charge in [-0.2, -0.15) is 5.26 Å². The molecule has 0 aromatic heterocycles. The quantitative estimate of drug-likeness (QED) is 0.834. The molecule has 7 nitrogen and oxygen atoms in total. The minimum absolute atomic E-state index is 0.0992. The Morgan fingerprint density at radius 3 is 2.64 bits per heavy atom. The number of nitrogens with zero attached hydrogens (tertiary/aromatic N) is 3. The third-order valence-corrected chi connectivity index (χ3v) is 5.53. The van der Waals surface area contributed by atoms with Crippen LogP contribution in [0.1, 0.15) is 38.0 Å². The summed E-state index contributed by atoms with van der Waals surface area (Å²) in [4.78, 5) is 15.0. The number of amides is 1. The van der Waals surface area contributed by atoms with Crippen LogP contribution in [-0.4, -0.2) is 66.4 Å². The molecule has 2 saturated heterocycles. The van der Waals surface area contributed by atoms with Crippen LogP contribution in [0.25, 0.3) is 0 Å². The fourth-order valence-corrected chi connectivity index (χ4v) is 4.11. The first-order chi connectivity index (χ1) is 13.2. The van der Waals surface area contributed by atoms with Crippen molar-refractivity contribution in [2.45, 2.75) is 39.0 Å². The van der Waals surface area contributed by atoms with Crippen molar-refractivity contribution in [3.05, 3.63) is 29.1 Å². The molecular formula is C20H26FN3O4. The van der Waals surface area contributed by atoms with E-state index in [0.717, 1.165) is 0 Å². The van der Waals surface area contributed by atoms with Crippen molar-refractivity contribution in [3.8, 4) is 11.8 Å². The zero-order valence-electron chi connectivity index (χ0n) is 16.6. The first-order valence-electron chi connectivity index (χ1n) is 9.31. The first kappa shape index (κ1) is 20.4. The number of hydrogen-bond acceptors (Lipinski definition) is 5. The predicted molar refractivity (Wildman–Crippen MR) is 99.7 cm³/mol. The van der Waals surface area contributed by atoms with E-state index in [1.54, 1.807) is 12.1 Å². The summed E-state index contributed by atoms with van der Waals surface area (Å²) in [5.41, 5.74) is -0.0798. The third-order valence-electron chi connectivity index (χ3n) is 5.53. The highest BCUT2D eigenvalue weighted by molar-refractivity contribution is 5.65. The number of piperazine rings is 1. The maximum Gasteiger partial charge on any atom is 0.407 e. The Morgan fingerprint density at radius 1 is 1.36 bits per heavy atom. The molecule has 1 aromatic rings. The largest absolute Gasteiger partial charge is 0.495 e. The zero-order valence-corrected chi connectivity index (χ0v) is 16.6. The Balaban J connectivity index is 1.95. The third kappa shape index (κ3) is 3.64. The molecule has 2 aliphatic heterocycles. The van der Waals surface area contributed by atoms with Crippen molar-refractivity contribution in [2.24, 2.45) is 5.41 Å². The van der Waals surface area contributed by atoms with E-state index in [2.05, 4.69) is 4.90 Å². The van der Waals surface area contributed by atoms with E-state index in [-0.39, 0.29) is 28.9 Å². The number of ether oxygens (including phenoxy) is 2. The van der Waals surface area contributed by atoms with Gasteiger partial charge in [-0.3, -0.25) is 4.90 Å². The van der Waals surface area contributed by atoms with Gasteiger partial charge >= 0.3 is 6.09 Å². The molecule has 3 atom stereocenters. The van der Waals surface area contributed by atoms with E-state index >= 15 is 4.39 Å². The summed E-state index contributed by atoms with van der Waals surface area (Å²) in [6.45, 7) is 7.86.